The molecule has 0 amide bonds. The molecule has 0 aromatic heterocycles. The summed E-state index contributed by atoms with van der Waals surface area (Å²) in [4.78, 5) is 11.2. The smallest absolute Gasteiger partial charge is 0.389 e. The molecule has 0 bridgehead atoms. The zero-order valence-corrected chi connectivity index (χ0v) is 16.3. The summed E-state index contributed by atoms with van der Waals surface area (Å²) in [5.41, 5.74) is 0. The molecule has 1 unspecified atom stereocenters. The van der Waals surface area contributed by atoms with Gasteiger partial charge in [0, 0.05) is 13.0 Å². The maximum atomic E-state index is 12.0. The van der Waals surface area contributed by atoms with Gasteiger partial charge in [0.05, 0.1) is 0 Å². The first-order chi connectivity index (χ1) is 12.4. The molecular weight excluding hydrogens is 345 g/mol. The van der Waals surface area contributed by atoms with Crippen LogP contribution in [0.1, 0.15) is 103 Å². The van der Waals surface area contributed by atoms with Crippen molar-refractivity contribution in [2.75, 3.05) is 6.61 Å². The summed E-state index contributed by atoms with van der Waals surface area (Å²) >= 11 is 0. The molecule has 3 nitrogen and oxygen atoms in total. The fourth-order valence-electron chi connectivity index (χ4n) is 2.93. The van der Waals surface area contributed by atoms with Crippen LogP contribution in [0.4, 0.5) is 13.2 Å². The molecule has 1 N–H and O–H groups in total. The largest absolute Gasteiger partial charge is 0.479 e. The van der Waals surface area contributed by atoms with Crippen LogP contribution in [0.5, 0.6) is 0 Å². The normalized spacial score (nSPS) is 13.1. The van der Waals surface area contributed by atoms with Crippen LogP contribution in [0.15, 0.2) is 0 Å². The lowest BCUT2D eigenvalue weighted by molar-refractivity contribution is -0.151. The Morgan fingerprint density at radius 1 is 0.846 bits per heavy atom. The Morgan fingerprint density at radius 2 is 1.35 bits per heavy atom. The van der Waals surface area contributed by atoms with Gasteiger partial charge in [-0.2, -0.15) is 13.2 Å². The van der Waals surface area contributed by atoms with Gasteiger partial charge in [-0.15, -0.1) is 0 Å². The van der Waals surface area contributed by atoms with E-state index in [0.717, 1.165) is 51.4 Å². The molecule has 0 aromatic rings. The number of carboxylic acids is 1. The van der Waals surface area contributed by atoms with Crippen molar-refractivity contribution in [2.24, 2.45) is 0 Å². The highest BCUT2D eigenvalue weighted by Gasteiger charge is 2.25. The molecule has 0 aromatic carbocycles. The van der Waals surface area contributed by atoms with E-state index in [2.05, 4.69) is 6.92 Å². The fourth-order valence-corrected chi connectivity index (χ4v) is 2.93. The Balaban J connectivity index is 3.50. The molecule has 0 fully saturated rings. The van der Waals surface area contributed by atoms with Gasteiger partial charge in [-0.25, -0.2) is 4.79 Å². The second-order valence-corrected chi connectivity index (χ2v) is 7.09. The molecule has 156 valence electrons. The molecule has 0 aliphatic rings. The number of hydrogen-bond donors (Lipinski definition) is 1. The molecular formula is C20H37F3O3. The lowest BCUT2D eigenvalue weighted by Crippen LogP contribution is -2.24. The van der Waals surface area contributed by atoms with Crippen LogP contribution in [0.25, 0.3) is 0 Å². The van der Waals surface area contributed by atoms with E-state index < -0.39 is 24.7 Å². The molecule has 26 heavy (non-hydrogen) atoms. The summed E-state index contributed by atoms with van der Waals surface area (Å²) in [5, 5.41) is 9.19. The monoisotopic (exact) mass is 382 g/mol. The second kappa shape index (κ2) is 16.4. The molecule has 0 rings (SSSR count). The molecule has 0 saturated carbocycles. The second-order valence-electron chi connectivity index (χ2n) is 7.09. The summed E-state index contributed by atoms with van der Waals surface area (Å²) in [6.45, 7) is 2.61. The van der Waals surface area contributed by atoms with E-state index in [-0.39, 0.29) is 6.42 Å². The van der Waals surface area contributed by atoms with E-state index in [4.69, 9.17) is 4.74 Å². The number of aliphatic carboxylic acids is 1. The number of rotatable bonds is 18. The first-order valence-corrected chi connectivity index (χ1v) is 10.3. The highest BCUT2D eigenvalue weighted by Crippen LogP contribution is 2.23. The number of carbonyl (C=O) groups is 1. The molecule has 0 saturated heterocycles. The van der Waals surface area contributed by atoms with Crippen molar-refractivity contribution >= 4 is 5.97 Å². The Kier molecular flexibility index (Phi) is 15.9. The van der Waals surface area contributed by atoms with Gasteiger partial charge in [0.25, 0.3) is 0 Å². The molecule has 0 heterocycles. The highest BCUT2D eigenvalue weighted by atomic mass is 19.4. The molecule has 6 heteroatoms. The predicted octanol–water partition coefficient (Wildman–Crippen LogP) is 6.89. The molecule has 0 radical (unpaired) electrons. The van der Waals surface area contributed by atoms with Crippen LogP contribution < -0.4 is 0 Å². The number of ether oxygens (including phenoxy) is 1. The van der Waals surface area contributed by atoms with Crippen LogP contribution in [-0.2, 0) is 9.53 Å². The van der Waals surface area contributed by atoms with Gasteiger partial charge in [0.15, 0.2) is 6.10 Å². The van der Waals surface area contributed by atoms with Crippen LogP contribution in [0, 0.1) is 0 Å². The number of carboxylic acid groups (broad SMARTS) is 1. The zero-order valence-electron chi connectivity index (χ0n) is 16.3. The van der Waals surface area contributed by atoms with Crippen molar-refractivity contribution < 1.29 is 27.8 Å². The summed E-state index contributed by atoms with van der Waals surface area (Å²) in [6.07, 6.45) is 7.19. The number of hydrogen-bond acceptors (Lipinski definition) is 2. The molecule has 0 aliphatic heterocycles. The predicted molar refractivity (Wildman–Crippen MR) is 98.4 cm³/mol. The molecule has 0 spiro atoms. The maximum absolute atomic E-state index is 12.0. The lowest BCUT2D eigenvalue weighted by Gasteiger charge is -2.13. The molecule has 0 aliphatic carbocycles. The van der Waals surface area contributed by atoms with Gasteiger partial charge in [0.1, 0.15) is 0 Å². The number of alkyl halides is 3. The first-order valence-electron chi connectivity index (χ1n) is 10.3. The quantitative estimate of drug-likeness (QED) is 0.263. The Bertz CT molecular complexity index is 333. The van der Waals surface area contributed by atoms with Gasteiger partial charge in [-0.05, 0) is 19.3 Å². The fraction of sp³-hybridized carbons (Fsp3) is 0.950. The van der Waals surface area contributed by atoms with E-state index in [1.165, 1.54) is 19.3 Å². The van der Waals surface area contributed by atoms with Gasteiger partial charge >= 0.3 is 12.1 Å². The highest BCUT2D eigenvalue weighted by molar-refractivity contribution is 5.72. The topological polar surface area (TPSA) is 46.5 Å². The van der Waals surface area contributed by atoms with E-state index in [1.54, 1.807) is 0 Å². The van der Waals surface area contributed by atoms with Gasteiger partial charge in [-0.3, -0.25) is 0 Å². The van der Waals surface area contributed by atoms with Crippen molar-refractivity contribution in [3.63, 3.8) is 0 Å². The lowest BCUT2D eigenvalue weighted by atomic mass is 10.1. The van der Waals surface area contributed by atoms with E-state index >= 15 is 0 Å². The van der Waals surface area contributed by atoms with Crippen molar-refractivity contribution in [2.45, 2.75) is 116 Å². The third-order valence-corrected chi connectivity index (χ3v) is 4.52. The maximum Gasteiger partial charge on any atom is 0.389 e. The van der Waals surface area contributed by atoms with E-state index in [1.807, 2.05) is 0 Å². The minimum Gasteiger partial charge on any atom is -0.479 e. The summed E-state index contributed by atoms with van der Waals surface area (Å²) in [7, 11) is 0. The first kappa shape index (κ1) is 25.2. The van der Waals surface area contributed by atoms with E-state index in [9.17, 15) is 23.1 Å². The average molecular weight is 383 g/mol. The SMILES string of the molecule is CCCCCCCCC(OCCCCCCCCCC(F)(F)F)C(=O)O. The average Bonchev–Trinajstić information content (AvgIpc) is 2.56. The number of unbranched alkanes of at least 4 members (excludes halogenated alkanes) is 11. The van der Waals surface area contributed by atoms with Crippen molar-refractivity contribution in [3.05, 3.63) is 0 Å². The Hall–Kier alpha value is -0.780. The van der Waals surface area contributed by atoms with Crippen LogP contribution >= 0.6 is 0 Å². The minimum atomic E-state index is -4.03. The van der Waals surface area contributed by atoms with Gasteiger partial charge in [0.2, 0.25) is 0 Å². The van der Waals surface area contributed by atoms with Crippen LogP contribution in [0.3, 0.4) is 0 Å². The van der Waals surface area contributed by atoms with Crippen molar-refractivity contribution in [1.29, 1.82) is 0 Å². The zero-order chi connectivity index (χ0) is 19.7. The van der Waals surface area contributed by atoms with Crippen LogP contribution in [-0.4, -0.2) is 30.0 Å². The van der Waals surface area contributed by atoms with Crippen molar-refractivity contribution in [1.82, 2.24) is 0 Å². The molecule has 1 atom stereocenters. The summed E-state index contributed by atoms with van der Waals surface area (Å²) in [6, 6.07) is 0. The minimum absolute atomic E-state index is 0.214. The van der Waals surface area contributed by atoms with E-state index in [0.29, 0.717) is 19.4 Å². The van der Waals surface area contributed by atoms with Crippen LogP contribution in [0.2, 0.25) is 0 Å². The number of halogens is 3. The standard InChI is InChI=1S/C20H37F3O3/c1-2-3-4-5-9-12-15-18(19(24)25)26-17-14-11-8-6-7-10-13-16-20(21,22)23/h18H,2-17H2,1H3,(H,24,25). The Labute approximate surface area is 156 Å². The summed E-state index contributed by atoms with van der Waals surface area (Å²) in [5.74, 6) is -0.886. The van der Waals surface area contributed by atoms with Crippen molar-refractivity contribution in [3.8, 4) is 0 Å². The van der Waals surface area contributed by atoms with Gasteiger partial charge < -0.3 is 9.84 Å². The van der Waals surface area contributed by atoms with Gasteiger partial charge in [-0.1, -0.05) is 77.6 Å². The third kappa shape index (κ3) is 18.0. The summed E-state index contributed by atoms with van der Waals surface area (Å²) < 4.78 is 41.4. The Morgan fingerprint density at radius 3 is 1.88 bits per heavy atom. The third-order valence-electron chi connectivity index (χ3n) is 4.52.